The van der Waals surface area contributed by atoms with Crippen LogP contribution in [-0.4, -0.2) is 31.1 Å². The Hall–Kier alpha value is -1.06. The number of ether oxygens (including phenoxy) is 1. The summed E-state index contributed by atoms with van der Waals surface area (Å²) >= 11 is 0. The van der Waals surface area contributed by atoms with Crippen molar-refractivity contribution in [2.75, 3.05) is 20.2 Å². The highest BCUT2D eigenvalue weighted by Crippen LogP contribution is 2.17. The van der Waals surface area contributed by atoms with Crippen molar-refractivity contribution in [2.45, 2.75) is 39.3 Å². The maximum absolute atomic E-state index is 5.72. The Morgan fingerprint density at radius 2 is 2.00 bits per heavy atom. The monoisotopic (exact) mass is 250 g/mol. The van der Waals surface area contributed by atoms with Gasteiger partial charge in [0.2, 0.25) is 0 Å². The predicted molar refractivity (Wildman–Crippen MR) is 76.8 cm³/mol. The van der Waals surface area contributed by atoms with E-state index in [4.69, 9.17) is 10.5 Å². The van der Waals surface area contributed by atoms with Crippen LogP contribution in [0.3, 0.4) is 0 Å². The van der Waals surface area contributed by atoms with Gasteiger partial charge in [0.15, 0.2) is 0 Å². The largest absolute Gasteiger partial charge is 0.497 e. The highest BCUT2D eigenvalue weighted by molar-refractivity contribution is 5.28. The molecule has 1 aromatic carbocycles. The molecule has 0 radical (unpaired) electrons. The first-order chi connectivity index (χ1) is 8.74. The number of rotatable bonds is 8. The minimum atomic E-state index is 0.611. The standard InChI is InChI=1S/C15H26N2O/c1-4-14(5-2)17(10-9-16)12-13-7-6-8-15(11-13)18-3/h6-8,11,14H,4-5,9-10,12,16H2,1-3H3. The molecule has 0 unspecified atom stereocenters. The molecule has 0 amide bonds. The summed E-state index contributed by atoms with van der Waals surface area (Å²) < 4.78 is 5.27. The van der Waals surface area contributed by atoms with Crippen LogP contribution in [0.1, 0.15) is 32.3 Å². The summed E-state index contributed by atoms with van der Waals surface area (Å²) in [4.78, 5) is 2.47. The molecule has 1 aromatic rings. The Morgan fingerprint density at radius 1 is 1.28 bits per heavy atom. The van der Waals surface area contributed by atoms with E-state index < -0.39 is 0 Å². The molecule has 0 aliphatic carbocycles. The molecule has 0 aromatic heterocycles. The van der Waals surface area contributed by atoms with Crippen molar-refractivity contribution in [3.63, 3.8) is 0 Å². The maximum Gasteiger partial charge on any atom is 0.119 e. The minimum Gasteiger partial charge on any atom is -0.497 e. The van der Waals surface area contributed by atoms with Gasteiger partial charge in [0.1, 0.15) is 5.75 Å². The van der Waals surface area contributed by atoms with E-state index in [0.29, 0.717) is 12.6 Å². The third-order valence-electron chi connectivity index (χ3n) is 3.40. The molecule has 0 saturated heterocycles. The topological polar surface area (TPSA) is 38.5 Å². The van der Waals surface area contributed by atoms with E-state index in [2.05, 4.69) is 30.9 Å². The number of hydrogen-bond donors (Lipinski definition) is 1. The van der Waals surface area contributed by atoms with Crippen LogP contribution in [0.5, 0.6) is 5.75 Å². The highest BCUT2D eigenvalue weighted by atomic mass is 16.5. The van der Waals surface area contributed by atoms with Gasteiger partial charge in [-0.1, -0.05) is 26.0 Å². The quantitative estimate of drug-likeness (QED) is 0.771. The number of benzene rings is 1. The molecule has 3 heteroatoms. The lowest BCUT2D eigenvalue weighted by Gasteiger charge is -2.30. The summed E-state index contributed by atoms with van der Waals surface area (Å²) in [5.41, 5.74) is 7.01. The van der Waals surface area contributed by atoms with E-state index in [1.165, 1.54) is 18.4 Å². The third-order valence-corrected chi connectivity index (χ3v) is 3.40. The van der Waals surface area contributed by atoms with Crippen LogP contribution < -0.4 is 10.5 Å². The Balaban J connectivity index is 2.75. The molecule has 18 heavy (non-hydrogen) atoms. The zero-order chi connectivity index (χ0) is 13.4. The van der Waals surface area contributed by atoms with Crippen LogP contribution in [0.15, 0.2) is 24.3 Å². The first kappa shape index (κ1) is 15.0. The van der Waals surface area contributed by atoms with Crippen molar-refractivity contribution in [1.82, 2.24) is 4.90 Å². The second-order valence-corrected chi connectivity index (χ2v) is 4.58. The molecule has 3 nitrogen and oxygen atoms in total. The summed E-state index contributed by atoms with van der Waals surface area (Å²) in [5.74, 6) is 0.921. The molecule has 0 atom stereocenters. The molecule has 0 aliphatic heterocycles. The fourth-order valence-electron chi connectivity index (χ4n) is 2.37. The molecule has 0 fully saturated rings. The van der Waals surface area contributed by atoms with Crippen molar-refractivity contribution in [3.05, 3.63) is 29.8 Å². The van der Waals surface area contributed by atoms with Crippen LogP contribution in [0, 0.1) is 0 Å². The Labute approximate surface area is 111 Å². The van der Waals surface area contributed by atoms with Gasteiger partial charge in [0.05, 0.1) is 7.11 Å². The van der Waals surface area contributed by atoms with Gasteiger partial charge in [0.25, 0.3) is 0 Å². The van der Waals surface area contributed by atoms with E-state index in [9.17, 15) is 0 Å². The van der Waals surface area contributed by atoms with Crippen LogP contribution in [0.4, 0.5) is 0 Å². The molecule has 0 aliphatic rings. The van der Waals surface area contributed by atoms with E-state index >= 15 is 0 Å². The molecule has 0 spiro atoms. The third kappa shape index (κ3) is 4.31. The molecular weight excluding hydrogens is 224 g/mol. The Bertz CT molecular complexity index is 337. The van der Waals surface area contributed by atoms with Gasteiger partial charge in [-0.25, -0.2) is 0 Å². The number of nitrogens with zero attached hydrogens (tertiary/aromatic N) is 1. The van der Waals surface area contributed by atoms with Gasteiger partial charge in [-0.05, 0) is 30.5 Å². The fraction of sp³-hybridized carbons (Fsp3) is 0.600. The summed E-state index contributed by atoms with van der Waals surface area (Å²) in [5, 5.41) is 0. The molecule has 1 rings (SSSR count). The lowest BCUT2D eigenvalue weighted by molar-refractivity contribution is 0.182. The second-order valence-electron chi connectivity index (χ2n) is 4.58. The summed E-state index contributed by atoms with van der Waals surface area (Å²) in [6.45, 7) is 7.08. The van der Waals surface area contributed by atoms with Crippen LogP contribution in [-0.2, 0) is 6.54 Å². The van der Waals surface area contributed by atoms with Crippen LogP contribution in [0.25, 0.3) is 0 Å². The molecule has 0 saturated carbocycles. The highest BCUT2D eigenvalue weighted by Gasteiger charge is 2.14. The lowest BCUT2D eigenvalue weighted by atomic mass is 10.1. The SMILES string of the molecule is CCC(CC)N(CCN)Cc1cccc(OC)c1. The van der Waals surface area contributed by atoms with Gasteiger partial charge in [0, 0.05) is 25.7 Å². The van der Waals surface area contributed by atoms with Gasteiger partial charge in [-0.3, -0.25) is 4.90 Å². The van der Waals surface area contributed by atoms with E-state index in [0.717, 1.165) is 18.8 Å². The Morgan fingerprint density at radius 3 is 2.56 bits per heavy atom. The van der Waals surface area contributed by atoms with E-state index in [-0.39, 0.29) is 0 Å². The van der Waals surface area contributed by atoms with E-state index in [1.54, 1.807) is 7.11 Å². The average molecular weight is 250 g/mol. The van der Waals surface area contributed by atoms with Gasteiger partial charge in [-0.15, -0.1) is 0 Å². The summed E-state index contributed by atoms with van der Waals surface area (Å²) in [6, 6.07) is 8.88. The maximum atomic E-state index is 5.72. The first-order valence-corrected chi connectivity index (χ1v) is 6.82. The zero-order valence-corrected chi connectivity index (χ0v) is 11.9. The van der Waals surface area contributed by atoms with Crippen molar-refractivity contribution in [3.8, 4) is 5.75 Å². The molecule has 2 N–H and O–H groups in total. The molecule has 0 bridgehead atoms. The van der Waals surface area contributed by atoms with Crippen LogP contribution >= 0.6 is 0 Å². The van der Waals surface area contributed by atoms with Gasteiger partial charge < -0.3 is 10.5 Å². The molecule has 0 heterocycles. The zero-order valence-electron chi connectivity index (χ0n) is 11.9. The van der Waals surface area contributed by atoms with Crippen molar-refractivity contribution >= 4 is 0 Å². The number of methoxy groups -OCH3 is 1. The van der Waals surface area contributed by atoms with Gasteiger partial charge in [-0.2, -0.15) is 0 Å². The van der Waals surface area contributed by atoms with E-state index in [1.807, 2.05) is 12.1 Å². The summed E-state index contributed by atoms with van der Waals surface area (Å²) in [6.07, 6.45) is 2.33. The fourth-order valence-corrected chi connectivity index (χ4v) is 2.37. The minimum absolute atomic E-state index is 0.611. The van der Waals surface area contributed by atoms with Crippen molar-refractivity contribution in [1.29, 1.82) is 0 Å². The number of nitrogens with two attached hydrogens (primary N) is 1. The summed E-state index contributed by atoms with van der Waals surface area (Å²) in [7, 11) is 1.71. The van der Waals surface area contributed by atoms with Crippen molar-refractivity contribution < 1.29 is 4.74 Å². The first-order valence-electron chi connectivity index (χ1n) is 6.82. The van der Waals surface area contributed by atoms with Crippen LogP contribution in [0.2, 0.25) is 0 Å². The normalized spacial score (nSPS) is 11.2. The Kier molecular flexibility index (Phi) is 6.76. The second kappa shape index (κ2) is 8.11. The van der Waals surface area contributed by atoms with Crippen molar-refractivity contribution in [2.24, 2.45) is 5.73 Å². The molecule has 102 valence electrons. The lowest BCUT2D eigenvalue weighted by Crippen LogP contribution is -2.37. The van der Waals surface area contributed by atoms with Gasteiger partial charge >= 0.3 is 0 Å². The number of hydrogen-bond acceptors (Lipinski definition) is 3. The predicted octanol–water partition coefficient (Wildman–Crippen LogP) is 2.64. The average Bonchev–Trinajstić information content (AvgIpc) is 2.40. The smallest absolute Gasteiger partial charge is 0.119 e. The molecular formula is C15H26N2O.